The molecular formula is C36H60B-. The molecule has 0 aliphatic carbocycles. The summed E-state index contributed by atoms with van der Waals surface area (Å²) < 4.78 is 0. The standard InChI is InChI=1S/C36H60B/c1-3-5-7-9-11-13-15-17-19-27-33-37(35-29-23-21-24-30-35,36-31-25-22-26-32-36)34-28-20-18-16-14-12-10-8-6-4-2/h21-26,29-32H,3-20,27-28,33-34H2,1-2H3/q-1. The molecule has 0 radical (unpaired) electrons. The minimum atomic E-state index is -0.685. The summed E-state index contributed by atoms with van der Waals surface area (Å²) >= 11 is 0. The molecule has 0 spiro atoms. The van der Waals surface area contributed by atoms with Crippen molar-refractivity contribution >= 4 is 17.1 Å². The van der Waals surface area contributed by atoms with E-state index in [1.165, 1.54) is 141 Å². The highest BCUT2D eigenvalue weighted by Gasteiger charge is 2.27. The molecule has 0 aliphatic heterocycles. The van der Waals surface area contributed by atoms with Crippen molar-refractivity contribution in [3.63, 3.8) is 0 Å². The number of rotatable bonds is 24. The van der Waals surface area contributed by atoms with Gasteiger partial charge in [-0.1, -0.05) is 203 Å². The lowest BCUT2D eigenvalue weighted by Gasteiger charge is -2.42. The van der Waals surface area contributed by atoms with Crippen LogP contribution in [0.5, 0.6) is 0 Å². The van der Waals surface area contributed by atoms with Crippen LogP contribution in [-0.2, 0) is 0 Å². The van der Waals surface area contributed by atoms with Crippen LogP contribution in [0.1, 0.15) is 142 Å². The van der Waals surface area contributed by atoms with Gasteiger partial charge in [0.1, 0.15) is 0 Å². The summed E-state index contributed by atoms with van der Waals surface area (Å²) in [6.07, 6.45) is 30.3. The fraction of sp³-hybridized carbons (Fsp3) is 0.667. The molecule has 2 aromatic rings. The molecule has 2 rings (SSSR count). The van der Waals surface area contributed by atoms with Crippen LogP contribution < -0.4 is 10.9 Å². The first-order valence-corrected chi connectivity index (χ1v) is 16.6. The van der Waals surface area contributed by atoms with E-state index in [0.717, 1.165) is 0 Å². The normalized spacial score (nSPS) is 11.7. The van der Waals surface area contributed by atoms with Gasteiger partial charge >= 0.3 is 0 Å². The van der Waals surface area contributed by atoms with Gasteiger partial charge in [-0.05, 0) is 0 Å². The Morgan fingerprint density at radius 3 is 0.919 bits per heavy atom. The van der Waals surface area contributed by atoms with E-state index >= 15 is 0 Å². The quantitative estimate of drug-likeness (QED) is 0.0987. The minimum Gasteiger partial charge on any atom is -0.205 e. The minimum absolute atomic E-state index is 0.685. The summed E-state index contributed by atoms with van der Waals surface area (Å²) in [6.45, 7) is 4.62. The van der Waals surface area contributed by atoms with Crippen LogP contribution >= 0.6 is 0 Å². The van der Waals surface area contributed by atoms with Gasteiger partial charge in [-0.3, -0.25) is 0 Å². The monoisotopic (exact) mass is 503 g/mol. The van der Waals surface area contributed by atoms with E-state index in [2.05, 4.69) is 74.5 Å². The number of hydrogen-bond acceptors (Lipinski definition) is 0. The third-order valence-electron chi connectivity index (χ3n) is 8.98. The molecule has 0 N–H and O–H groups in total. The summed E-state index contributed by atoms with van der Waals surface area (Å²) in [5.41, 5.74) is 3.20. The maximum absolute atomic E-state index is 2.43. The molecule has 0 heterocycles. The maximum atomic E-state index is 2.43. The first-order chi connectivity index (χ1) is 18.3. The van der Waals surface area contributed by atoms with Crippen molar-refractivity contribution in [2.24, 2.45) is 0 Å². The lowest BCUT2D eigenvalue weighted by molar-refractivity contribution is 0.559. The molecular weight excluding hydrogens is 443 g/mol. The van der Waals surface area contributed by atoms with Crippen LogP contribution in [0.3, 0.4) is 0 Å². The van der Waals surface area contributed by atoms with Gasteiger partial charge in [0.25, 0.3) is 0 Å². The van der Waals surface area contributed by atoms with Crippen molar-refractivity contribution < 1.29 is 0 Å². The van der Waals surface area contributed by atoms with E-state index in [-0.39, 0.29) is 0 Å². The van der Waals surface area contributed by atoms with E-state index in [4.69, 9.17) is 0 Å². The molecule has 0 saturated carbocycles. The number of unbranched alkanes of at least 4 members (excludes halogenated alkanes) is 18. The Bertz CT molecular complexity index is 672. The Balaban J connectivity index is 1.88. The number of hydrogen-bond donors (Lipinski definition) is 0. The molecule has 0 unspecified atom stereocenters. The lowest BCUT2D eigenvalue weighted by atomic mass is 9.15. The van der Waals surface area contributed by atoms with Gasteiger partial charge in [0, 0.05) is 0 Å². The average molecular weight is 504 g/mol. The molecule has 0 aromatic heterocycles. The van der Waals surface area contributed by atoms with Crippen molar-refractivity contribution in [1.29, 1.82) is 0 Å². The Labute approximate surface area is 232 Å². The van der Waals surface area contributed by atoms with Crippen LogP contribution in [0.4, 0.5) is 0 Å². The first kappa shape index (κ1) is 31.7. The zero-order valence-corrected chi connectivity index (χ0v) is 24.9. The summed E-state index contributed by atoms with van der Waals surface area (Å²) in [5, 5.41) is 0. The third kappa shape index (κ3) is 13.2. The van der Waals surface area contributed by atoms with E-state index < -0.39 is 6.15 Å². The molecule has 0 fully saturated rings. The Kier molecular flexibility index (Phi) is 18.4. The van der Waals surface area contributed by atoms with Gasteiger partial charge in [0.05, 0.1) is 6.15 Å². The maximum Gasteiger partial charge on any atom is 0.0544 e. The van der Waals surface area contributed by atoms with E-state index in [9.17, 15) is 0 Å². The van der Waals surface area contributed by atoms with E-state index in [1.54, 1.807) is 10.9 Å². The Morgan fingerprint density at radius 2 is 0.622 bits per heavy atom. The largest absolute Gasteiger partial charge is 0.205 e. The van der Waals surface area contributed by atoms with E-state index in [1.807, 2.05) is 0 Å². The zero-order chi connectivity index (χ0) is 26.3. The number of benzene rings is 2. The molecule has 37 heavy (non-hydrogen) atoms. The summed E-state index contributed by atoms with van der Waals surface area (Å²) in [7, 11) is 0. The molecule has 0 amide bonds. The van der Waals surface area contributed by atoms with Crippen molar-refractivity contribution in [3.8, 4) is 0 Å². The van der Waals surface area contributed by atoms with Gasteiger partial charge < -0.3 is 0 Å². The van der Waals surface area contributed by atoms with Crippen molar-refractivity contribution in [2.75, 3.05) is 0 Å². The fourth-order valence-electron chi connectivity index (χ4n) is 6.61. The highest BCUT2D eigenvalue weighted by Crippen LogP contribution is 2.25. The van der Waals surface area contributed by atoms with Crippen LogP contribution in [0.15, 0.2) is 60.7 Å². The van der Waals surface area contributed by atoms with Crippen molar-refractivity contribution in [3.05, 3.63) is 60.7 Å². The molecule has 0 saturated heterocycles. The molecule has 0 bridgehead atoms. The lowest BCUT2D eigenvalue weighted by Crippen LogP contribution is -2.58. The van der Waals surface area contributed by atoms with Gasteiger partial charge in [0.15, 0.2) is 0 Å². The van der Waals surface area contributed by atoms with Crippen molar-refractivity contribution in [2.45, 2.75) is 155 Å². The molecule has 208 valence electrons. The van der Waals surface area contributed by atoms with Crippen LogP contribution in [0.2, 0.25) is 12.6 Å². The molecule has 1 heteroatoms. The van der Waals surface area contributed by atoms with Gasteiger partial charge in [0.2, 0.25) is 0 Å². The van der Waals surface area contributed by atoms with E-state index in [0.29, 0.717) is 0 Å². The predicted molar refractivity (Wildman–Crippen MR) is 171 cm³/mol. The predicted octanol–water partition coefficient (Wildman–Crippen LogP) is 11.1. The highest BCUT2D eigenvalue weighted by molar-refractivity contribution is 7.02. The Morgan fingerprint density at radius 1 is 0.351 bits per heavy atom. The Hall–Kier alpha value is -1.50. The third-order valence-corrected chi connectivity index (χ3v) is 8.98. The second kappa shape index (κ2) is 21.4. The van der Waals surface area contributed by atoms with Gasteiger partial charge in [-0.2, -0.15) is 12.6 Å². The summed E-state index contributed by atoms with van der Waals surface area (Å²) in [4.78, 5) is 0. The summed E-state index contributed by atoms with van der Waals surface area (Å²) in [6, 6.07) is 23.2. The SMILES string of the molecule is CCCCCCCCCCCC[B-](CCCCCCCCCCCC)(c1ccccc1)c1ccccc1. The second-order valence-corrected chi connectivity index (χ2v) is 12.0. The first-order valence-electron chi connectivity index (χ1n) is 16.6. The van der Waals surface area contributed by atoms with Crippen molar-refractivity contribution in [1.82, 2.24) is 0 Å². The highest BCUT2D eigenvalue weighted by atomic mass is 14.1. The van der Waals surface area contributed by atoms with Crippen LogP contribution in [0, 0.1) is 0 Å². The molecule has 0 aliphatic rings. The van der Waals surface area contributed by atoms with Gasteiger partial charge in [-0.25, -0.2) is 10.9 Å². The smallest absolute Gasteiger partial charge is 0.0544 e. The average Bonchev–Trinajstić information content (AvgIpc) is 2.95. The molecule has 2 aromatic carbocycles. The molecule has 0 atom stereocenters. The van der Waals surface area contributed by atoms with Crippen LogP contribution in [0.25, 0.3) is 0 Å². The summed E-state index contributed by atoms with van der Waals surface area (Å²) in [5.74, 6) is 0. The topological polar surface area (TPSA) is 0 Å². The molecule has 0 nitrogen and oxygen atoms in total. The fourth-order valence-corrected chi connectivity index (χ4v) is 6.61. The van der Waals surface area contributed by atoms with Crippen LogP contribution in [-0.4, -0.2) is 6.15 Å². The zero-order valence-electron chi connectivity index (χ0n) is 24.9. The second-order valence-electron chi connectivity index (χ2n) is 12.0. The van der Waals surface area contributed by atoms with Gasteiger partial charge in [-0.15, -0.1) is 0 Å².